The van der Waals surface area contributed by atoms with Crippen LogP contribution in [-0.2, 0) is 4.79 Å². The molecule has 1 fully saturated rings. The van der Waals surface area contributed by atoms with Gasteiger partial charge in [0.15, 0.2) is 0 Å². The van der Waals surface area contributed by atoms with Crippen LogP contribution in [0.2, 0.25) is 0 Å². The zero-order valence-electron chi connectivity index (χ0n) is 12.4. The van der Waals surface area contributed by atoms with Crippen molar-refractivity contribution < 1.29 is 14.7 Å². The number of urea groups is 1. The highest BCUT2D eigenvalue weighted by Gasteiger charge is 2.42. The molecule has 0 saturated carbocycles. The van der Waals surface area contributed by atoms with Crippen molar-refractivity contribution in [2.24, 2.45) is 5.41 Å². The molecule has 1 aromatic heterocycles. The topological polar surface area (TPSA) is 98.3 Å². The minimum atomic E-state index is -0.814. The lowest BCUT2D eigenvalue weighted by Crippen LogP contribution is -2.52. The summed E-state index contributed by atoms with van der Waals surface area (Å²) in [6, 6.07) is -0.387. The predicted octanol–water partition coefficient (Wildman–Crippen LogP) is 1.76. The molecule has 0 bridgehead atoms. The third-order valence-corrected chi connectivity index (χ3v) is 4.35. The molecule has 0 spiro atoms. The third kappa shape index (κ3) is 3.17. The highest BCUT2D eigenvalue weighted by Crippen LogP contribution is 2.33. The maximum atomic E-state index is 12.3. The van der Waals surface area contributed by atoms with E-state index in [1.54, 1.807) is 17.3 Å². The maximum Gasteiger partial charge on any atom is 0.317 e. The number of aliphatic carboxylic acids is 1. The molecular formula is C14H22N4O3. The average Bonchev–Trinajstić information content (AvgIpc) is 3.01. The van der Waals surface area contributed by atoms with Gasteiger partial charge < -0.3 is 15.3 Å². The summed E-state index contributed by atoms with van der Waals surface area (Å²) in [7, 11) is 0. The van der Waals surface area contributed by atoms with Gasteiger partial charge in [-0.2, -0.15) is 5.10 Å². The number of piperidine rings is 1. The Morgan fingerprint density at radius 2 is 2.38 bits per heavy atom. The van der Waals surface area contributed by atoms with Gasteiger partial charge in [0.2, 0.25) is 0 Å². The van der Waals surface area contributed by atoms with Gasteiger partial charge in [-0.3, -0.25) is 9.89 Å². The fourth-order valence-corrected chi connectivity index (χ4v) is 2.78. The molecule has 7 nitrogen and oxygen atoms in total. The molecule has 2 atom stereocenters. The molecule has 1 saturated heterocycles. The quantitative estimate of drug-likeness (QED) is 0.788. The number of nitrogens with one attached hydrogen (secondary N) is 2. The summed E-state index contributed by atoms with van der Waals surface area (Å²) in [5.41, 5.74) is 0.0782. The Bertz CT molecular complexity index is 502. The van der Waals surface area contributed by atoms with Gasteiger partial charge in [-0.15, -0.1) is 0 Å². The summed E-state index contributed by atoms with van der Waals surface area (Å²) in [5.74, 6) is -0.814. The molecule has 0 radical (unpaired) electrons. The summed E-state index contributed by atoms with van der Waals surface area (Å²) < 4.78 is 0. The summed E-state index contributed by atoms with van der Waals surface area (Å²) in [4.78, 5) is 25.4. The molecular weight excluding hydrogens is 272 g/mol. The molecule has 1 aliphatic heterocycles. The van der Waals surface area contributed by atoms with Crippen LogP contribution in [0.25, 0.3) is 0 Å². The van der Waals surface area contributed by atoms with Crippen LogP contribution in [0.15, 0.2) is 12.4 Å². The molecule has 116 valence electrons. The van der Waals surface area contributed by atoms with Crippen molar-refractivity contribution in [1.82, 2.24) is 20.4 Å². The molecule has 0 aromatic carbocycles. The van der Waals surface area contributed by atoms with E-state index in [-0.39, 0.29) is 18.6 Å². The van der Waals surface area contributed by atoms with E-state index in [0.29, 0.717) is 25.8 Å². The first-order valence-electron chi connectivity index (χ1n) is 7.26. The largest absolute Gasteiger partial charge is 0.481 e. The number of H-pyrrole nitrogens is 1. The maximum absolute atomic E-state index is 12.3. The Morgan fingerprint density at radius 1 is 1.62 bits per heavy atom. The zero-order chi connectivity index (χ0) is 15.5. The molecule has 1 aliphatic rings. The molecule has 0 aliphatic carbocycles. The first-order valence-corrected chi connectivity index (χ1v) is 7.26. The second-order valence-electron chi connectivity index (χ2n) is 5.67. The number of rotatable bonds is 4. The van der Waals surface area contributed by atoms with Crippen LogP contribution in [0.1, 0.15) is 44.7 Å². The van der Waals surface area contributed by atoms with Gasteiger partial charge in [-0.1, -0.05) is 6.92 Å². The van der Waals surface area contributed by atoms with Crippen LogP contribution in [-0.4, -0.2) is 45.3 Å². The van der Waals surface area contributed by atoms with Gasteiger partial charge in [0.1, 0.15) is 0 Å². The minimum absolute atomic E-state index is 0.168. The van der Waals surface area contributed by atoms with Crippen LogP contribution in [0.5, 0.6) is 0 Å². The summed E-state index contributed by atoms with van der Waals surface area (Å²) >= 11 is 0. The molecule has 7 heteroatoms. The second kappa shape index (κ2) is 6.15. The minimum Gasteiger partial charge on any atom is -0.481 e. The van der Waals surface area contributed by atoms with Gasteiger partial charge in [0.05, 0.1) is 17.7 Å². The number of likely N-dealkylation sites (tertiary alicyclic amines) is 1. The number of hydrogen-bond donors (Lipinski definition) is 3. The molecule has 21 heavy (non-hydrogen) atoms. The lowest BCUT2D eigenvalue weighted by atomic mass is 9.78. The Hall–Kier alpha value is -2.05. The summed E-state index contributed by atoms with van der Waals surface area (Å²) in [5, 5.41) is 18.9. The van der Waals surface area contributed by atoms with Crippen molar-refractivity contribution in [3.8, 4) is 0 Å². The first kappa shape index (κ1) is 15.3. The van der Waals surface area contributed by atoms with Crippen molar-refractivity contribution in [2.75, 3.05) is 13.1 Å². The number of aromatic nitrogens is 2. The summed E-state index contributed by atoms with van der Waals surface area (Å²) in [6.45, 7) is 4.60. The van der Waals surface area contributed by atoms with Crippen molar-refractivity contribution in [3.63, 3.8) is 0 Å². The van der Waals surface area contributed by atoms with Gasteiger partial charge in [0, 0.05) is 24.8 Å². The van der Waals surface area contributed by atoms with E-state index in [4.69, 9.17) is 0 Å². The number of carbonyl (C=O) groups excluding carboxylic acids is 1. The van der Waals surface area contributed by atoms with E-state index < -0.39 is 11.4 Å². The predicted molar refractivity (Wildman–Crippen MR) is 76.7 cm³/mol. The van der Waals surface area contributed by atoms with Crippen molar-refractivity contribution in [1.29, 1.82) is 0 Å². The van der Waals surface area contributed by atoms with Crippen LogP contribution in [0, 0.1) is 5.41 Å². The lowest BCUT2D eigenvalue weighted by Gasteiger charge is -2.39. The monoisotopic (exact) mass is 294 g/mol. The average molecular weight is 294 g/mol. The fourth-order valence-electron chi connectivity index (χ4n) is 2.78. The van der Waals surface area contributed by atoms with E-state index in [1.165, 1.54) is 0 Å². The van der Waals surface area contributed by atoms with Gasteiger partial charge >= 0.3 is 12.0 Å². The first-order chi connectivity index (χ1) is 9.98. The Kier molecular flexibility index (Phi) is 4.50. The smallest absolute Gasteiger partial charge is 0.317 e. The number of carboxylic acid groups (broad SMARTS) is 1. The third-order valence-electron chi connectivity index (χ3n) is 4.35. The number of hydrogen-bond acceptors (Lipinski definition) is 3. The molecule has 2 rings (SSSR count). The van der Waals surface area contributed by atoms with E-state index >= 15 is 0 Å². The van der Waals surface area contributed by atoms with Crippen molar-refractivity contribution >= 4 is 12.0 Å². The summed E-state index contributed by atoms with van der Waals surface area (Å²) in [6.07, 6.45) is 5.26. The zero-order valence-corrected chi connectivity index (χ0v) is 12.4. The highest BCUT2D eigenvalue weighted by molar-refractivity contribution is 5.79. The normalized spacial score (nSPS) is 23.6. The van der Waals surface area contributed by atoms with Gasteiger partial charge in [0.25, 0.3) is 0 Å². The SMILES string of the molecule is CCC1(C(=O)O)CCCN(C(=O)NC(C)c2cn[nH]c2)C1. The Labute approximate surface area is 123 Å². The number of amides is 2. The second-order valence-corrected chi connectivity index (χ2v) is 5.67. The van der Waals surface area contributed by atoms with Gasteiger partial charge in [-0.05, 0) is 26.2 Å². The van der Waals surface area contributed by atoms with Crippen LogP contribution in [0.4, 0.5) is 4.79 Å². The standard InChI is InChI=1S/C14H22N4O3/c1-3-14(12(19)20)5-4-6-18(9-14)13(21)17-10(2)11-7-15-16-8-11/h7-8,10H,3-6,9H2,1-2H3,(H,15,16)(H,17,21)(H,19,20). The number of aromatic amines is 1. The van der Waals surface area contributed by atoms with E-state index in [9.17, 15) is 14.7 Å². The molecule has 2 amide bonds. The van der Waals surface area contributed by atoms with Crippen LogP contribution in [0.3, 0.4) is 0 Å². The number of carboxylic acids is 1. The lowest BCUT2D eigenvalue weighted by molar-refractivity contribution is -0.152. The van der Waals surface area contributed by atoms with E-state index in [0.717, 1.165) is 5.56 Å². The highest BCUT2D eigenvalue weighted by atomic mass is 16.4. The molecule has 3 N–H and O–H groups in total. The van der Waals surface area contributed by atoms with E-state index in [2.05, 4.69) is 15.5 Å². The van der Waals surface area contributed by atoms with E-state index in [1.807, 2.05) is 13.8 Å². The number of nitrogens with zero attached hydrogens (tertiary/aromatic N) is 2. The molecule has 2 heterocycles. The van der Waals surface area contributed by atoms with Crippen LogP contribution >= 0.6 is 0 Å². The fraction of sp³-hybridized carbons (Fsp3) is 0.643. The molecule has 1 aromatic rings. The van der Waals surface area contributed by atoms with Crippen molar-refractivity contribution in [2.45, 2.75) is 39.2 Å². The molecule has 2 unspecified atom stereocenters. The Balaban J connectivity index is 2.01. The van der Waals surface area contributed by atoms with Crippen molar-refractivity contribution in [3.05, 3.63) is 18.0 Å². The Morgan fingerprint density at radius 3 is 2.95 bits per heavy atom. The number of carbonyl (C=O) groups is 2. The van der Waals surface area contributed by atoms with Crippen LogP contribution < -0.4 is 5.32 Å². The van der Waals surface area contributed by atoms with Gasteiger partial charge in [-0.25, -0.2) is 4.79 Å².